The zero-order valence-corrected chi connectivity index (χ0v) is 10.1. The van der Waals surface area contributed by atoms with Crippen LogP contribution in [-0.2, 0) is 19.6 Å². The van der Waals surface area contributed by atoms with Gasteiger partial charge in [0, 0.05) is 6.54 Å². The SMILES string of the molecule is NC(=O)CN(CC(N)=O)S(=O)(=O)C1CCNC1. The Labute approximate surface area is 99.4 Å². The lowest BCUT2D eigenvalue weighted by molar-refractivity contribution is -0.120. The normalized spacial score (nSPS) is 20.6. The number of carbonyl (C=O) groups excluding carboxylic acids is 2. The second kappa shape index (κ2) is 5.43. The van der Waals surface area contributed by atoms with Gasteiger partial charge in [-0.3, -0.25) is 9.59 Å². The fraction of sp³-hybridized carbons (Fsp3) is 0.750. The van der Waals surface area contributed by atoms with Gasteiger partial charge in [0.25, 0.3) is 0 Å². The second-order valence-electron chi connectivity index (χ2n) is 3.86. The molecular formula is C8H16N4O4S. The predicted molar refractivity (Wildman–Crippen MR) is 60.2 cm³/mol. The summed E-state index contributed by atoms with van der Waals surface area (Å²) in [5.74, 6) is -1.64. The van der Waals surface area contributed by atoms with E-state index in [0.29, 0.717) is 19.5 Å². The van der Waals surface area contributed by atoms with Crippen molar-refractivity contribution < 1.29 is 18.0 Å². The van der Waals surface area contributed by atoms with Gasteiger partial charge in [-0.1, -0.05) is 0 Å². The smallest absolute Gasteiger partial charge is 0.232 e. The van der Waals surface area contributed by atoms with E-state index < -0.39 is 40.2 Å². The van der Waals surface area contributed by atoms with E-state index in [1.165, 1.54) is 0 Å². The Balaban J connectivity index is 2.86. The molecule has 1 aliphatic rings. The summed E-state index contributed by atoms with van der Waals surface area (Å²) in [5.41, 5.74) is 9.90. The first-order chi connectivity index (χ1) is 7.84. The van der Waals surface area contributed by atoms with Gasteiger partial charge in [0.2, 0.25) is 21.8 Å². The van der Waals surface area contributed by atoms with E-state index in [1.807, 2.05) is 0 Å². The summed E-state index contributed by atoms with van der Waals surface area (Å²) in [6.07, 6.45) is 0.441. The average molecular weight is 264 g/mol. The van der Waals surface area contributed by atoms with Crippen LogP contribution in [-0.4, -0.2) is 56.0 Å². The van der Waals surface area contributed by atoms with Crippen molar-refractivity contribution in [3.8, 4) is 0 Å². The van der Waals surface area contributed by atoms with Gasteiger partial charge in [-0.2, -0.15) is 4.31 Å². The molecule has 0 aromatic carbocycles. The average Bonchev–Trinajstić information content (AvgIpc) is 2.68. The predicted octanol–water partition coefficient (Wildman–Crippen LogP) is -3.05. The van der Waals surface area contributed by atoms with E-state index in [2.05, 4.69) is 5.32 Å². The van der Waals surface area contributed by atoms with Gasteiger partial charge in [-0.15, -0.1) is 0 Å². The van der Waals surface area contributed by atoms with Crippen LogP contribution in [0.25, 0.3) is 0 Å². The van der Waals surface area contributed by atoms with Crippen molar-refractivity contribution in [2.75, 3.05) is 26.2 Å². The molecule has 9 heteroatoms. The van der Waals surface area contributed by atoms with Crippen molar-refractivity contribution in [1.29, 1.82) is 0 Å². The number of nitrogens with one attached hydrogen (secondary N) is 1. The molecular weight excluding hydrogens is 248 g/mol. The molecule has 1 atom stereocenters. The van der Waals surface area contributed by atoms with Gasteiger partial charge in [-0.05, 0) is 13.0 Å². The van der Waals surface area contributed by atoms with Crippen molar-refractivity contribution in [3.63, 3.8) is 0 Å². The molecule has 98 valence electrons. The minimum atomic E-state index is -3.72. The zero-order valence-electron chi connectivity index (χ0n) is 9.26. The maximum absolute atomic E-state index is 12.1. The van der Waals surface area contributed by atoms with Crippen molar-refractivity contribution in [3.05, 3.63) is 0 Å². The van der Waals surface area contributed by atoms with E-state index in [-0.39, 0.29) is 0 Å². The van der Waals surface area contributed by atoms with Crippen molar-refractivity contribution >= 4 is 21.8 Å². The molecule has 0 aliphatic carbocycles. The van der Waals surface area contributed by atoms with Crippen LogP contribution in [0.4, 0.5) is 0 Å². The number of amides is 2. The lowest BCUT2D eigenvalue weighted by atomic mass is 10.4. The molecule has 8 nitrogen and oxygen atoms in total. The molecule has 5 N–H and O–H groups in total. The van der Waals surface area contributed by atoms with Gasteiger partial charge < -0.3 is 16.8 Å². The number of hydrogen-bond donors (Lipinski definition) is 3. The molecule has 1 heterocycles. The van der Waals surface area contributed by atoms with Crippen LogP contribution >= 0.6 is 0 Å². The summed E-state index contributed by atoms with van der Waals surface area (Å²) in [4.78, 5) is 21.6. The highest BCUT2D eigenvalue weighted by Gasteiger charge is 2.35. The van der Waals surface area contributed by atoms with Gasteiger partial charge in [0.15, 0.2) is 0 Å². The molecule has 0 radical (unpaired) electrons. The van der Waals surface area contributed by atoms with Crippen LogP contribution in [0.3, 0.4) is 0 Å². The van der Waals surface area contributed by atoms with Gasteiger partial charge in [-0.25, -0.2) is 8.42 Å². The molecule has 0 aromatic heterocycles. The van der Waals surface area contributed by atoms with Gasteiger partial charge in [0.1, 0.15) is 0 Å². The minimum absolute atomic E-state index is 0.302. The van der Waals surface area contributed by atoms with E-state index in [4.69, 9.17) is 11.5 Å². The molecule has 1 fully saturated rings. The molecule has 0 saturated carbocycles. The number of sulfonamides is 1. The Bertz CT molecular complexity index is 386. The van der Waals surface area contributed by atoms with Crippen molar-refractivity contribution in [2.24, 2.45) is 11.5 Å². The third-order valence-corrected chi connectivity index (χ3v) is 4.68. The lowest BCUT2D eigenvalue weighted by Crippen LogP contribution is -2.47. The highest BCUT2D eigenvalue weighted by molar-refractivity contribution is 7.89. The molecule has 1 aliphatic heterocycles. The summed E-state index contributed by atoms with van der Waals surface area (Å²) in [6, 6.07) is 0. The van der Waals surface area contributed by atoms with E-state index in [1.54, 1.807) is 0 Å². The Kier molecular flexibility index (Phi) is 4.43. The Morgan fingerprint density at radius 3 is 2.12 bits per heavy atom. The highest BCUT2D eigenvalue weighted by atomic mass is 32.2. The molecule has 0 spiro atoms. The van der Waals surface area contributed by atoms with Crippen LogP contribution in [0.1, 0.15) is 6.42 Å². The quantitative estimate of drug-likeness (QED) is 0.468. The fourth-order valence-electron chi connectivity index (χ4n) is 1.68. The van der Waals surface area contributed by atoms with E-state index in [9.17, 15) is 18.0 Å². The number of nitrogens with zero attached hydrogens (tertiary/aromatic N) is 1. The third-order valence-electron chi connectivity index (χ3n) is 2.46. The van der Waals surface area contributed by atoms with Crippen LogP contribution in [0.5, 0.6) is 0 Å². The molecule has 1 unspecified atom stereocenters. The largest absolute Gasteiger partial charge is 0.369 e. The molecule has 0 aromatic rings. The van der Waals surface area contributed by atoms with Crippen molar-refractivity contribution in [1.82, 2.24) is 9.62 Å². The van der Waals surface area contributed by atoms with E-state index in [0.717, 1.165) is 4.31 Å². The first kappa shape index (κ1) is 13.9. The summed E-state index contributed by atoms with van der Waals surface area (Å²) in [7, 11) is -3.72. The summed E-state index contributed by atoms with van der Waals surface area (Å²) < 4.78 is 24.9. The van der Waals surface area contributed by atoms with Crippen LogP contribution < -0.4 is 16.8 Å². The zero-order chi connectivity index (χ0) is 13.1. The maximum Gasteiger partial charge on any atom is 0.232 e. The Morgan fingerprint density at radius 2 is 1.76 bits per heavy atom. The van der Waals surface area contributed by atoms with Gasteiger partial charge >= 0.3 is 0 Å². The maximum atomic E-state index is 12.1. The highest BCUT2D eigenvalue weighted by Crippen LogP contribution is 2.14. The number of nitrogens with two attached hydrogens (primary N) is 2. The summed E-state index contributed by atoms with van der Waals surface area (Å²) >= 11 is 0. The van der Waals surface area contributed by atoms with Crippen LogP contribution in [0.15, 0.2) is 0 Å². The number of rotatable bonds is 6. The monoisotopic (exact) mass is 264 g/mol. The molecule has 17 heavy (non-hydrogen) atoms. The second-order valence-corrected chi connectivity index (χ2v) is 6.07. The summed E-state index contributed by atoms with van der Waals surface area (Å²) in [5, 5.41) is 2.26. The molecule has 1 saturated heterocycles. The molecule has 0 bridgehead atoms. The Morgan fingerprint density at radius 1 is 1.24 bits per heavy atom. The first-order valence-electron chi connectivity index (χ1n) is 5.10. The van der Waals surface area contributed by atoms with Crippen LogP contribution in [0, 0.1) is 0 Å². The van der Waals surface area contributed by atoms with Crippen molar-refractivity contribution in [2.45, 2.75) is 11.7 Å². The molecule has 1 rings (SSSR count). The Hall–Kier alpha value is -1.19. The summed E-state index contributed by atoms with van der Waals surface area (Å²) in [6.45, 7) is -0.162. The number of hydrogen-bond acceptors (Lipinski definition) is 5. The minimum Gasteiger partial charge on any atom is -0.369 e. The fourth-order valence-corrected chi connectivity index (χ4v) is 3.46. The van der Waals surface area contributed by atoms with Crippen LogP contribution in [0.2, 0.25) is 0 Å². The topological polar surface area (TPSA) is 136 Å². The lowest BCUT2D eigenvalue weighted by Gasteiger charge is -2.22. The first-order valence-corrected chi connectivity index (χ1v) is 6.60. The number of carbonyl (C=O) groups is 2. The van der Waals surface area contributed by atoms with Gasteiger partial charge in [0.05, 0.1) is 18.3 Å². The third kappa shape index (κ3) is 3.65. The molecule has 2 amide bonds. The van der Waals surface area contributed by atoms with E-state index >= 15 is 0 Å². The standard InChI is InChI=1S/C8H16N4O4S/c9-7(13)4-12(5-8(10)14)17(15,16)6-1-2-11-3-6/h6,11H,1-5H2,(H2,9,13)(H2,10,14). The number of primary amides is 2.